The number of pyridine rings is 1. The zero-order valence-electron chi connectivity index (χ0n) is 9.42. The number of nitrogens with zero attached hydrogens (tertiary/aromatic N) is 5. The highest BCUT2D eigenvalue weighted by Gasteiger charge is 2.15. The first-order valence-corrected chi connectivity index (χ1v) is 5.93. The van der Waals surface area contributed by atoms with Crippen molar-refractivity contribution in [3.8, 4) is 11.4 Å². The number of aryl methyl sites for hydroxylation is 2. The van der Waals surface area contributed by atoms with E-state index in [0.29, 0.717) is 0 Å². The van der Waals surface area contributed by atoms with Gasteiger partial charge in [0.05, 0.1) is 11.1 Å². The zero-order valence-corrected chi connectivity index (χ0v) is 11.0. The molecule has 0 saturated heterocycles. The molecule has 0 bridgehead atoms. The van der Waals surface area contributed by atoms with Gasteiger partial charge in [-0.2, -0.15) is 5.10 Å². The number of hydrogen-bond donors (Lipinski definition) is 0. The van der Waals surface area contributed by atoms with E-state index >= 15 is 0 Å². The minimum atomic E-state index is 0.751. The number of imidazole rings is 1. The molecule has 0 atom stereocenters. The molecule has 0 aliphatic heterocycles. The summed E-state index contributed by atoms with van der Waals surface area (Å²) >= 11 is 3.44. The van der Waals surface area contributed by atoms with Gasteiger partial charge in [0.15, 0.2) is 5.65 Å². The molecule has 0 radical (unpaired) electrons. The number of halogens is 1. The van der Waals surface area contributed by atoms with Crippen molar-refractivity contribution in [2.75, 3.05) is 0 Å². The number of aromatic nitrogens is 5. The molecule has 17 heavy (non-hydrogen) atoms. The first kappa shape index (κ1) is 10.5. The van der Waals surface area contributed by atoms with Crippen molar-refractivity contribution in [1.82, 2.24) is 24.3 Å². The van der Waals surface area contributed by atoms with Gasteiger partial charge in [-0.3, -0.25) is 4.68 Å². The predicted octanol–water partition coefficient (Wildman–Crippen LogP) is 2.13. The van der Waals surface area contributed by atoms with Crippen LogP contribution in [-0.4, -0.2) is 24.3 Å². The largest absolute Gasteiger partial charge is 0.326 e. The van der Waals surface area contributed by atoms with E-state index in [0.717, 1.165) is 27.2 Å². The minimum Gasteiger partial charge on any atom is -0.326 e. The summed E-state index contributed by atoms with van der Waals surface area (Å²) in [4.78, 5) is 8.78. The van der Waals surface area contributed by atoms with Gasteiger partial charge in [-0.05, 0) is 28.1 Å². The average Bonchev–Trinajstić information content (AvgIpc) is 2.80. The molecule has 3 heterocycles. The molecule has 3 aromatic rings. The maximum atomic E-state index is 4.53. The van der Waals surface area contributed by atoms with E-state index < -0.39 is 0 Å². The van der Waals surface area contributed by atoms with E-state index in [1.807, 2.05) is 37.0 Å². The molecule has 0 aliphatic carbocycles. The van der Waals surface area contributed by atoms with Gasteiger partial charge in [-0.1, -0.05) is 0 Å². The van der Waals surface area contributed by atoms with Crippen molar-refractivity contribution in [1.29, 1.82) is 0 Å². The molecule has 5 nitrogen and oxygen atoms in total. The predicted molar refractivity (Wildman–Crippen MR) is 68.4 cm³/mol. The molecule has 0 saturated carbocycles. The standard InChI is InChI=1S/C11H10BrN5/c1-16-6-7(9(12)15-16)11-14-10-8(17(11)2)4-3-5-13-10/h3-6H,1-2H3. The normalized spacial score (nSPS) is 11.2. The fraction of sp³-hybridized carbons (Fsp3) is 0.182. The number of fused-ring (bicyclic) bond motifs is 1. The van der Waals surface area contributed by atoms with Gasteiger partial charge in [-0.15, -0.1) is 0 Å². The molecule has 0 aromatic carbocycles. The van der Waals surface area contributed by atoms with Crippen LogP contribution in [0.4, 0.5) is 0 Å². The van der Waals surface area contributed by atoms with Crippen molar-refractivity contribution in [2.45, 2.75) is 0 Å². The first-order chi connectivity index (χ1) is 8.16. The Balaban J connectivity index is 2.31. The topological polar surface area (TPSA) is 48.5 Å². The summed E-state index contributed by atoms with van der Waals surface area (Å²) in [5, 5.41) is 4.26. The molecule has 0 unspecified atom stereocenters. The Morgan fingerprint density at radius 1 is 1.29 bits per heavy atom. The van der Waals surface area contributed by atoms with Crippen molar-refractivity contribution >= 4 is 27.1 Å². The van der Waals surface area contributed by atoms with Crippen LogP contribution in [0.2, 0.25) is 0 Å². The molecule has 6 heteroatoms. The van der Waals surface area contributed by atoms with Crippen LogP contribution in [0.15, 0.2) is 29.1 Å². The molecule has 86 valence electrons. The summed E-state index contributed by atoms with van der Waals surface area (Å²) in [5.41, 5.74) is 2.73. The highest BCUT2D eigenvalue weighted by atomic mass is 79.9. The molecule has 0 N–H and O–H groups in total. The van der Waals surface area contributed by atoms with Gasteiger partial charge in [0.1, 0.15) is 10.4 Å². The Kier molecular flexibility index (Phi) is 2.25. The lowest BCUT2D eigenvalue weighted by atomic mass is 10.3. The zero-order chi connectivity index (χ0) is 12.0. The van der Waals surface area contributed by atoms with Crippen LogP contribution in [0.1, 0.15) is 0 Å². The van der Waals surface area contributed by atoms with E-state index in [1.54, 1.807) is 10.9 Å². The second kappa shape index (κ2) is 3.66. The third-order valence-electron chi connectivity index (χ3n) is 2.68. The lowest BCUT2D eigenvalue weighted by Crippen LogP contribution is -1.91. The SMILES string of the molecule is Cn1cc(-c2nc3ncccc3n2C)c(Br)n1. The molecule has 3 rings (SSSR count). The van der Waals surface area contributed by atoms with Crippen LogP contribution >= 0.6 is 15.9 Å². The van der Waals surface area contributed by atoms with Gasteiger partial charge in [-0.25, -0.2) is 9.97 Å². The maximum absolute atomic E-state index is 4.53. The fourth-order valence-corrected chi connectivity index (χ4v) is 2.41. The Morgan fingerprint density at radius 3 is 2.76 bits per heavy atom. The van der Waals surface area contributed by atoms with Gasteiger partial charge in [0.2, 0.25) is 0 Å². The van der Waals surface area contributed by atoms with Gasteiger partial charge >= 0.3 is 0 Å². The lowest BCUT2D eigenvalue weighted by Gasteiger charge is -1.98. The van der Waals surface area contributed by atoms with Crippen molar-refractivity contribution in [3.05, 3.63) is 29.1 Å². The summed E-state index contributed by atoms with van der Waals surface area (Å²) in [6.45, 7) is 0. The van der Waals surface area contributed by atoms with Gasteiger partial charge in [0.25, 0.3) is 0 Å². The summed E-state index contributed by atoms with van der Waals surface area (Å²) in [6, 6.07) is 3.91. The Bertz CT molecular complexity index is 697. The minimum absolute atomic E-state index is 0.751. The van der Waals surface area contributed by atoms with Crippen LogP contribution < -0.4 is 0 Å². The van der Waals surface area contributed by atoms with Gasteiger partial charge in [0, 0.05) is 26.5 Å². The van der Waals surface area contributed by atoms with Crippen molar-refractivity contribution in [2.24, 2.45) is 14.1 Å². The van der Waals surface area contributed by atoms with E-state index in [4.69, 9.17) is 0 Å². The molecular weight excluding hydrogens is 282 g/mol. The summed E-state index contributed by atoms with van der Waals surface area (Å²) in [5.74, 6) is 0.860. The second-order valence-corrected chi connectivity index (χ2v) is 4.60. The Hall–Kier alpha value is -1.69. The number of rotatable bonds is 1. The molecule has 0 aliphatic rings. The average molecular weight is 292 g/mol. The maximum Gasteiger partial charge on any atom is 0.178 e. The monoisotopic (exact) mass is 291 g/mol. The van der Waals surface area contributed by atoms with E-state index in [2.05, 4.69) is 31.0 Å². The van der Waals surface area contributed by atoms with Crippen LogP contribution in [-0.2, 0) is 14.1 Å². The van der Waals surface area contributed by atoms with Crippen molar-refractivity contribution < 1.29 is 0 Å². The number of hydrogen-bond acceptors (Lipinski definition) is 3. The first-order valence-electron chi connectivity index (χ1n) is 5.14. The Morgan fingerprint density at radius 2 is 2.12 bits per heavy atom. The molecular formula is C11H10BrN5. The second-order valence-electron chi connectivity index (χ2n) is 3.85. The highest BCUT2D eigenvalue weighted by Crippen LogP contribution is 2.27. The molecule has 3 aromatic heterocycles. The summed E-state index contributed by atoms with van der Waals surface area (Å²) in [6.07, 6.45) is 3.68. The summed E-state index contributed by atoms with van der Waals surface area (Å²) < 4.78 is 4.56. The van der Waals surface area contributed by atoms with E-state index in [9.17, 15) is 0 Å². The third-order valence-corrected chi connectivity index (χ3v) is 3.27. The highest BCUT2D eigenvalue weighted by molar-refractivity contribution is 9.10. The van der Waals surface area contributed by atoms with E-state index in [1.165, 1.54) is 0 Å². The van der Waals surface area contributed by atoms with Crippen LogP contribution in [0.5, 0.6) is 0 Å². The smallest absolute Gasteiger partial charge is 0.178 e. The van der Waals surface area contributed by atoms with Crippen LogP contribution in [0.3, 0.4) is 0 Å². The van der Waals surface area contributed by atoms with Crippen LogP contribution in [0, 0.1) is 0 Å². The van der Waals surface area contributed by atoms with Crippen molar-refractivity contribution in [3.63, 3.8) is 0 Å². The molecule has 0 fully saturated rings. The lowest BCUT2D eigenvalue weighted by molar-refractivity contribution is 0.760. The van der Waals surface area contributed by atoms with Gasteiger partial charge < -0.3 is 4.57 Å². The summed E-state index contributed by atoms with van der Waals surface area (Å²) in [7, 11) is 3.86. The molecule has 0 spiro atoms. The molecule has 0 amide bonds. The third kappa shape index (κ3) is 1.56. The van der Waals surface area contributed by atoms with E-state index in [-0.39, 0.29) is 0 Å². The quantitative estimate of drug-likeness (QED) is 0.690. The fourth-order valence-electron chi connectivity index (χ4n) is 1.88. The Labute approximate surface area is 106 Å². The van der Waals surface area contributed by atoms with Crippen LogP contribution in [0.25, 0.3) is 22.6 Å².